The molecule has 2 N–H and O–H groups in total. The van der Waals surface area contributed by atoms with Crippen LogP contribution in [0.3, 0.4) is 0 Å². The monoisotopic (exact) mass is 251 g/mol. The Bertz CT molecular complexity index is 387. The molecular formula is C13H21N3O2. The molecule has 0 spiro atoms. The second-order valence-corrected chi connectivity index (χ2v) is 5.42. The molecule has 0 amide bonds. The third-order valence-electron chi connectivity index (χ3n) is 4.16. The van der Waals surface area contributed by atoms with E-state index < -0.39 is 0 Å². The smallest absolute Gasteiger partial charge is 0.221 e. The first-order valence-electron chi connectivity index (χ1n) is 7.01. The maximum atomic E-state index is 6.15. The summed E-state index contributed by atoms with van der Waals surface area (Å²) in [5.74, 6) is 2.18. The standard InChI is InChI=1S/C13H21N3O2/c14-11-4-2-1-3-10(11)13-16-15-12(18-13)9-5-7-17-8-6-9/h9-11H,1-8,14H2/t10-,11-/m1/s1. The number of nitrogens with zero attached hydrogens (tertiary/aromatic N) is 2. The molecule has 2 heterocycles. The number of hydrogen-bond donors (Lipinski definition) is 1. The van der Waals surface area contributed by atoms with Crippen LogP contribution in [-0.4, -0.2) is 29.5 Å². The van der Waals surface area contributed by atoms with Gasteiger partial charge in [-0.3, -0.25) is 0 Å². The van der Waals surface area contributed by atoms with Gasteiger partial charge in [0.15, 0.2) is 0 Å². The first-order valence-corrected chi connectivity index (χ1v) is 7.01. The molecule has 1 saturated heterocycles. The van der Waals surface area contributed by atoms with E-state index in [1.165, 1.54) is 12.8 Å². The molecule has 0 aromatic carbocycles. The molecule has 0 bridgehead atoms. The van der Waals surface area contributed by atoms with Gasteiger partial charge in [-0.1, -0.05) is 12.8 Å². The van der Waals surface area contributed by atoms with Crippen LogP contribution in [0, 0.1) is 0 Å². The van der Waals surface area contributed by atoms with E-state index in [1.807, 2.05) is 0 Å². The third-order valence-corrected chi connectivity index (χ3v) is 4.16. The summed E-state index contributed by atoms with van der Waals surface area (Å²) < 4.78 is 11.2. The molecule has 5 nitrogen and oxygen atoms in total. The molecule has 2 aliphatic rings. The Labute approximate surface area is 107 Å². The van der Waals surface area contributed by atoms with Crippen LogP contribution >= 0.6 is 0 Å². The maximum Gasteiger partial charge on any atom is 0.221 e. The van der Waals surface area contributed by atoms with Gasteiger partial charge in [0.25, 0.3) is 0 Å². The van der Waals surface area contributed by atoms with Crippen LogP contribution in [0.1, 0.15) is 62.1 Å². The van der Waals surface area contributed by atoms with Gasteiger partial charge in [0.1, 0.15) is 0 Å². The fraction of sp³-hybridized carbons (Fsp3) is 0.846. The van der Waals surface area contributed by atoms with E-state index in [1.54, 1.807) is 0 Å². The van der Waals surface area contributed by atoms with Crippen molar-refractivity contribution >= 4 is 0 Å². The summed E-state index contributed by atoms with van der Waals surface area (Å²) in [5.41, 5.74) is 6.15. The highest BCUT2D eigenvalue weighted by Crippen LogP contribution is 2.33. The Morgan fingerprint density at radius 1 is 0.944 bits per heavy atom. The number of aromatic nitrogens is 2. The van der Waals surface area contributed by atoms with Crippen LogP contribution in [0.2, 0.25) is 0 Å². The predicted octanol–water partition coefficient (Wildman–Crippen LogP) is 1.95. The van der Waals surface area contributed by atoms with E-state index in [2.05, 4.69) is 10.2 Å². The largest absolute Gasteiger partial charge is 0.425 e. The molecule has 1 aliphatic carbocycles. The zero-order valence-corrected chi connectivity index (χ0v) is 10.7. The minimum atomic E-state index is 0.182. The zero-order chi connectivity index (χ0) is 12.4. The molecule has 1 aromatic heterocycles. The summed E-state index contributed by atoms with van der Waals surface area (Å²) in [6.45, 7) is 1.59. The Hall–Kier alpha value is -0.940. The molecule has 3 rings (SSSR count). The van der Waals surface area contributed by atoms with Crippen molar-refractivity contribution in [2.24, 2.45) is 5.73 Å². The molecule has 5 heteroatoms. The molecule has 18 heavy (non-hydrogen) atoms. The lowest BCUT2D eigenvalue weighted by atomic mass is 9.85. The van der Waals surface area contributed by atoms with Gasteiger partial charge < -0.3 is 14.9 Å². The molecule has 1 aromatic rings. The minimum absolute atomic E-state index is 0.182. The summed E-state index contributed by atoms with van der Waals surface area (Å²) in [5, 5.41) is 8.45. The first kappa shape index (κ1) is 12.1. The Kier molecular flexibility index (Phi) is 3.61. The number of nitrogens with two attached hydrogens (primary N) is 1. The van der Waals surface area contributed by atoms with Crippen LogP contribution < -0.4 is 5.73 Å². The van der Waals surface area contributed by atoms with Crippen LogP contribution in [0.4, 0.5) is 0 Å². The lowest BCUT2D eigenvalue weighted by Gasteiger charge is -2.25. The number of hydrogen-bond acceptors (Lipinski definition) is 5. The lowest BCUT2D eigenvalue weighted by Crippen LogP contribution is -2.31. The second kappa shape index (κ2) is 5.36. The van der Waals surface area contributed by atoms with Crippen molar-refractivity contribution in [3.8, 4) is 0 Å². The fourth-order valence-electron chi connectivity index (χ4n) is 2.97. The zero-order valence-electron chi connectivity index (χ0n) is 10.7. The summed E-state index contributed by atoms with van der Waals surface area (Å²) in [6, 6.07) is 0.182. The van der Waals surface area contributed by atoms with E-state index in [0.29, 0.717) is 5.92 Å². The van der Waals surface area contributed by atoms with E-state index in [0.717, 1.165) is 50.7 Å². The third kappa shape index (κ3) is 2.42. The number of ether oxygens (including phenoxy) is 1. The SMILES string of the molecule is N[C@@H]1CCCC[C@H]1c1nnc(C2CCOCC2)o1. The van der Waals surface area contributed by atoms with Gasteiger partial charge in [-0.15, -0.1) is 10.2 Å². The van der Waals surface area contributed by atoms with Gasteiger partial charge in [0.05, 0.1) is 5.92 Å². The lowest BCUT2D eigenvalue weighted by molar-refractivity contribution is 0.0789. The van der Waals surface area contributed by atoms with Crippen molar-refractivity contribution in [3.63, 3.8) is 0 Å². The Morgan fingerprint density at radius 2 is 1.67 bits per heavy atom. The van der Waals surface area contributed by atoms with Gasteiger partial charge in [-0.2, -0.15) is 0 Å². The summed E-state index contributed by atoms with van der Waals surface area (Å²) in [7, 11) is 0. The predicted molar refractivity (Wildman–Crippen MR) is 66.3 cm³/mol. The molecule has 1 aliphatic heterocycles. The second-order valence-electron chi connectivity index (χ2n) is 5.42. The fourth-order valence-corrected chi connectivity index (χ4v) is 2.97. The van der Waals surface area contributed by atoms with E-state index in [9.17, 15) is 0 Å². The molecule has 1 saturated carbocycles. The quantitative estimate of drug-likeness (QED) is 0.869. The van der Waals surface area contributed by atoms with Crippen molar-refractivity contribution in [1.29, 1.82) is 0 Å². The van der Waals surface area contributed by atoms with E-state index in [-0.39, 0.29) is 12.0 Å². The summed E-state index contributed by atoms with van der Waals surface area (Å²) in [6.07, 6.45) is 6.55. The van der Waals surface area contributed by atoms with E-state index >= 15 is 0 Å². The Morgan fingerprint density at radius 3 is 2.44 bits per heavy atom. The minimum Gasteiger partial charge on any atom is -0.425 e. The van der Waals surface area contributed by atoms with Gasteiger partial charge in [0, 0.05) is 25.2 Å². The average Bonchev–Trinajstić information content (AvgIpc) is 2.90. The van der Waals surface area contributed by atoms with Crippen LogP contribution in [0.25, 0.3) is 0 Å². The summed E-state index contributed by atoms with van der Waals surface area (Å²) in [4.78, 5) is 0. The number of rotatable bonds is 2. The highest BCUT2D eigenvalue weighted by molar-refractivity contribution is 5.01. The highest BCUT2D eigenvalue weighted by atomic mass is 16.5. The Balaban J connectivity index is 1.71. The average molecular weight is 251 g/mol. The van der Waals surface area contributed by atoms with Gasteiger partial charge in [0.2, 0.25) is 11.8 Å². The maximum absolute atomic E-state index is 6.15. The molecule has 0 radical (unpaired) electrons. The van der Waals surface area contributed by atoms with Crippen LogP contribution in [-0.2, 0) is 4.74 Å². The molecule has 0 unspecified atom stereocenters. The topological polar surface area (TPSA) is 74.2 Å². The van der Waals surface area contributed by atoms with Crippen LogP contribution in [0.5, 0.6) is 0 Å². The van der Waals surface area contributed by atoms with E-state index in [4.69, 9.17) is 14.9 Å². The van der Waals surface area contributed by atoms with Gasteiger partial charge in [-0.05, 0) is 25.7 Å². The normalized spacial score (nSPS) is 30.5. The molecular weight excluding hydrogens is 230 g/mol. The van der Waals surface area contributed by atoms with Gasteiger partial charge in [-0.25, -0.2) is 0 Å². The van der Waals surface area contributed by atoms with Crippen molar-refractivity contribution in [3.05, 3.63) is 11.8 Å². The molecule has 100 valence electrons. The highest BCUT2D eigenvalue weighted by Gasteiger charge is 2.29. The molecule has 2 atom stereocenters. The van der Waals surface area contributed by atoms with Crippen molar-refractivity contribution in [2.45, 2.75) is 56.4 Å². The van der Waals surface area contributed by atoms with Crippen molar-refractivity contribution < 1.29 is 9.15 Å². The van der Waals surface area contributed by atoms with Crippen LogP contribution in [0.15, 0.2) is 4.42 Å². The molecule has 2 fully saturated rings. The van der Waals surface area contributed by atoms with Gasteiger partial charge >= 0.3 is 0 Å². The summed E-state index contributed by atoms with van der Waals surface area (Å²) >= 11 is 0. The first-order chi connectivity index (χ1) is 8.84. The van der Waals surface area contributed by atoms with Crippen molar-refractivity contribution in [1.82, 2.24) is 10.2 Å². The van der Waals surface area contributed by atoms with Crippen molar-refractivity contribution in [2.75, 3.05) is 13.2 Å².